The van der Waals surface area contributed by atoms with E-state index in [1.165, 1.54) is 0 Å². The van der Waals surface area contributed by atoms with Gasteiger partial charge in [0.1, 0.15) is 12.3 Å². The van der Waals surface area contributed by atoms with E-state index in [9.17, 15) is 4.79 Å². The van der Waals surface area contributed by atoms with Crippen molar-refractivity contribution < 1.29 is 13.9 Å². The van der Waals surface area contributed by atoms with E-state index in [4.69, 9.17) is 9.15 Å². The number of aromatic nitrogens is 5. The van der Waals surface area contributed by atoms with Crippen molar-refractivity contribution in [3.8, 4) is 0 Å². The maximum absolute atomic E-state index is 12.4. The molecule has 3 aromatic rings. The first-order chi connectivity index (χ1) is 14.6. The summed E-state index contributed by atoms with van der Waals surface area (Å²) in [4.78, 5) is 14.1. The highest BCUT2D eigenvalue weighted by Gasteiger charge is 2.28. The predicted molar refractivity (Wildman–Crippen MR) is 111 cm³/mol. The summed E-state index contributed by atoms with van der Waals surface area (Å²) in [6, 6.07) is 6.33. The van der Waals surface area contributed by atoms with Crippen molar-refractivity contribution in [3.63, 3.8) is 0 Å². The van der Waals surface area contributed by atoms with E-state index in [2.05, 4.69) is 46.9 Å². The van der Waals surface area contributed by atoms with Crippen LogP contribution < -0.4 is 5.32 Å². The molecule has 2 aromatic heterocycles. The molecule has 0 saturated carbocycles. The number of nitrogens with zero attached hydrogens (tertiary/aromatic N) is 5. The van der Waals surface area contributed by atoms with Gasteiger partial charge in [0, 0.05) is 23.5 Å². The van der Waals surface area contributed by atoms with Gasteiger partial charge in [-0.15, -0.1) is 5.10 Å². The molecule has 3 heterocycles. The van der Waals surface area contributed by atoms with E-state index in [1.807, 2.05) is 25.1 Å². The van der Waals surface area contributed by atoms with Crippen molar-refractivity contribution in [2.24, 2.45) is 0 Å². The zero-order chi connectivity index (χ0) is 20.9. The van der Waals surface area contributed by atoms with Gasteiger partial charge in [-0.2, -0.15) is 15.4 Å². The standard InChI is InChI=1S/C19H22BrN7O3/c1-12-6-13(8-15(20)7-12)11-29-19(28)27-4-2-14(3-5-27)17-24-25-18(30-17)21-9-16-10-22-26-23-16/h6-8,10,14H,2-5,9,11H2,1H3,(H,21,25)(H,22,23,26). The first kappa shape index (κ1) is 20.3. The van der Waals surface area contributed by atoms with E-state index in [1.54, 1.807) is 11.1 Å². The zero-order valence-corrected chi connectivity index (χ0v) is 18.1. The average Bonchev–Trinajstić information content (AvgIpc) is 3.42. The number of benzene rings is 1. The number of aromatic amines is 1. The summed E-state index contributed by atoms with van der Waals surface area (Å²) in [6.45, 7) is 3.88. The molecule has 30 heavy (non-hydrogen) atoms. The number of carbonyl (C=O) groups is 1. The van der Waals surface area contributed by atoms with E-state index in [0.29, 0.717) is 31.5 Å². The fourth-order valence-electron chi connectivity index (χ4n) is 3.39. The van der Waals surface area contributed by atoms with Crippen LogP contribution >= 0.6 is 15.9 Å². The molecule has 1 saturated heterocycles. The second-order valence-corrected chi connectivity index (χ2v) is 8.13. The van der Waals surface area contributed by atoms with Crippen LogP contribution in [0.5, 0.6) is 0 Å². The van der Waals surface area contributed by atoms with Crippen molar-refractivity contribution in [1.82, 2.24) is 30.5 Å². The van der Waals surface area contributed by atoms with Gasteiger partial charge in [-0.25, -0.2) is 4.79 Å². The van der Waals surface area contributed by atoms with Gasteiger partial charge < -0.3 is 19.4 Å². The number of ether oxygens (including phenoxy) is 1. The van der Waals surface area contributed by atoms with E-state index in [0.717, 1.165) is 34.1 Å². The summed E-state index contributed by atoms with van der Waals surface area (Å²) >= 11 is 3.46. The van der Waals surface area contributed by atoms with Crippen LogP contribution in [0.4, 0.5) is 10.8 Å². The number of aryl methyl sites for hydroxylation is 1. The third-order valence-corrected chi connectivity index (χ3v) is 5.35. The van der Waals surface area contributed by atoms with Gasteiger partial charge in [0.15, 0.2) is 0 Å². The summed E-state index contributed by atoms with van der Waals surface area (Å²) in [5.41, 5.74) is 2.83. The molecule has 1 aromatic carbocycles. The van der Waals surface area contributed by atoms with Crippen molar-refractivity contribution in [3.05, 3.63) is 51.6 Å². The fourth-order valence-corrected chi connectivity index (χ4v) is 4.04. The molecular weight excluding hydrogens is 454 g/mol. The molecule has 0 unspecified atom stereocenters. The Labute approximate surface area is 181 Å². The third kappa shape index (κ3) is 5.15. The van der Waals surface area contributed by atoms with Crippen LogP contribution in [0.2, 0.25) is 0 Å². The first-order valence-electron chi connectivity index (χ1n) is 9.66. The molecule has 1 fully saturated rings. The Balaban J connectivity index is 1.24. The highest BCUT2D eigenvalue weighted by molar-refractivity contribution is 9.10. The number of halogens is 1. The number of hydrogen-bond acceptors (Lipinski definition) is 8. The number of rotatable bonds is 6. The summed E-state index contributed by atoms with van der Waals surface area (Å²) in [7, 11) is 0. The van der Waals surface area contributed by atoms with Gasteiger partial charge >= 0.3 is 12.1 Å². The van der Waals surface area contributed by atoms with Gasteiger partial charge in [0.25, 0.3) is 0 Å². The molecule has 10 nitrogen and oxygen atoms in total. The predicted octanol–water partition coefficient (Wildman–Crippen LogP) is 3.39. The molecule has 0 atom stereocenters. The molecule has 4 rings (SSSR count). The summed E-state index contributed by atoms with van der Waals surface area (Å²) in [6.07, 6.45) is 2.81. The number of carbonyl (C=O) groups excluding carboxylic acids is 1. The Kier molecular flexibility index (Phi) is 6.26. The Morgan fingerprint density at radius 1 is 1.33 bits per heavy atom. The molecule has 0 radical (unpaired) electrons. The highest BCUT2D eigenvalue weighted by Crippen LogP contribution is 2.28. The Bertz CT molecular complexity index is 964. The lowest BCUT2D eigenvalue weighted by Gasteiger charge is -2.29. The van der Waals surface area contributed by atoms with Crippen molar-refractivity contribution >= 4 is 28.0 Å². The second kappa shape index (κ2) is 9.24. The molecule has 11 heteroatoms. The molecule has 158 valence electrons. The lowest BCUT2D eigenvalue weighted by atomic mass is 9.97. The number of anilines is 1. The Morgan fingerprint density at radius 2 is 2.17 bits per heavy atom. The van der Waals surface area contributed by atoms with Gasteiger partial charge in [-0.1, -0.05) is 27.1 Å². The van der Waals surface area contributed by atoms with Gasteiger partial charge in [-0.05, 0) is 43.0 Å². The number of piperidine rings is 1. The Morgan fingerprint density at radius 3 is 2.90 bits per heavy atom. The number of likely N-dealkylation sites (tertiary alicyclic amines) is 1. The summed E-state index contributed by atoms with van der Waals surface area (Å²) in [5.74, 6) is 0.701. The topological polar surface area (TPSA) is 122 Å². The van der Waals surface area contributed by atoms with Crippen LogP contribution in [0, 0.1) is 6.92 Å². The lowest BCUT2D eigenvalue weighted by Crippen LogP contribution is -2.38. The minimum absolute atomic E-state index is 0.122. The Hall–Kier alpha value is -2.95. The van der Waals surface area contributed by atoms with Crippen molar-refractivity contribution in [2.45, 2.75) is 38.8 Å². The van der Waals surface area contributed by atoms with Gasteiger partial charge in [0.05, 0.1) is 12.7 Å². The minimum Gasteiger partial charge on any atom is -0.445 e. The second-order valence-electron chi connectivity index (χ2n) is 7.21. The lowest BCUT2D eigenvalue weighted by molar-refractivity contribution is 0.0856. The minimum atomic E-state index is -0.299. The summed E-state index contributed by atoms with van der Waals surface area (Å²) < 4.78 is 12.2. The maximum atomic E-state index is 12.4. The summed E-state index contributed by atoms with van der Waals surface area (Å²) in [5, 5.41) is 21.4. The third-order valence-electron chi connectivity index (χ3n) is 4.89. The normalized spacial score (nSPS) is 14.7. The molecule has 1 aliphatic heterocycles. The largest absolute Gasteiger partial charge is 0.445 e. The van der Waals surface area contributed by atoms with Crippen LogP contribution in [-0.4, -0.2) is 49.7 Å². The highest BCUT2D eigenvalue weighted by atomic mass is 79.9. The van der Waals surface area contributed by atoms with Crippen molar-refractivity contribution in [1.29, 1.82) is 0 Å². The number of hydrogen-bond donors (Lipinski definition) is 2. The van der Waals surface area contributed by atoms with E-state index in [-0.39, 0.29) is 18.6 Å². The maximum Gasteiger partial charge on any atom is 0.410 e. The number of nitrogens with one attached hydrogen (secondary N) is 2. The van der Waals surface area contributed by atoms with Gasteiger partial charge in [0.2, 0.25) is 5.89 Å². The first-order valence-corrected chi connectivity index (χ1v) is 10.5. The zero-order valence-electron chi connectivity index (χ0n) is 16.5. The molecule has 2 N–H and O–H groups in total. The fraction of sp³-hybridized carbons (Fsp3) is 0.421. The van der Waals surface area contributed by atoms with Crippen LogP contribution in [0.1, 0.15) is 41.5 Å². The number of amides is 1. The molecule has 1 aliphatic rings. The average molecular weight is 476 g/mol. The quantitative estimate of drug-likeness (QED) is 0.555. The monoisotopic (exact) mass is 475 g/mol. The SMILES string of the molecule is Cc1cc(Br)cc(COC(=O)N2CCC(c3nnc(NCc4cn[nH]n4)o3)CC2)c1. The molecule has 0 spiro atoms. The van der Waals surface area contributed by atoms with Crippen LogP contribution in [-0.2, 0) is 17.9 Å². The van der Waals surface area contributed by atoms with Gasteiger partial charge in [-0.3, -0.25) is 0 Å². The van der Waals surface area contributed by atoms with Crippen LogP contribution in [0.25, 0.3) is 0 Å². The molecule has 1 amide bonds. The smallest absolute Gasteiger partial charge is 0.410 e. The molecular formula is C19H22BrN7O3. The number of H-pyrrole nitrogens is 1. The van der Waals surface area contributed by atoms with E-state index >= 15 is 0 Å². The molecule has 0 aliphatic carbocycles. The van der Waals surface area contributed by atoms with E-state index < -0.39 is 0 Å². The van der Waals surface area contributed by atoms with Crippen molar-refractivity contribution in [2.75, 3.05) is 18.4 Å². The molecule has 0 bridgehead atoms. The van der Waals surface area contributed by atoms with Crippen LogP contribution in [0.3, 0.4) is 0 Å². The van der Waals surface area contributed by atoms with Crippen LogP contribution in [0.15, 0.2) is 33.3 Å².